The van der Waals surface area contributed by atoms with Gasteiger partial charge in [0, 0.05) is 19.6 Å². The molecular formula is C15H27N3O2. The zero-order chi connectivity index (χ0) is 14.8. The third-order valence-corrected chi connectivity index (χ3v) is 4.76. The molecule has 1 saturated carbocycles. The van der Waals surface area contributed by atoms with Crippen LogP contribution in [0.3, 0.4) is 0 Å². The van der Waals surface area contributed by atoms with Crippen LogP contribution in [0.4, 0.5) is 0 Å². The van der Waals surface area contributed by atoms with Gasteiger partial charge in [0.05, 0.1) is 11.6 Å². The summed E-state index contributed by atoms with van der Waals surface area (Å²) in [6, 6.07) is 0.177. The van der Waals surface area contributed by atoms with Gasteiger partial charge < -0.3 is 10.6 Å². The van der Waals surface area contributed by atoms with Crippen molar-refractivity contribution in [2.24, 2.45) is 0 Å². The first-order valence-electron chi connectivity index (χ1n) is 7.76. The number of nitrogens with one attached hydrogen (secondary N) is 2. The van der Waals surface area contributed by atoms with Crippen molar-refractivity contribution in [3.8, 4) is 0 Å². The maximum absolute atomic E-state index is 12.5. The van der Waals surface area contributed by atoms with Crippen molar-refractivity contribution >= 4 is 11.8 Å². The Hall–Kier alpha value is -1.10. The van der Waals surface area contributed by atoms with Gasteiger partial charge in [-0.3, -0.25) is 14.5 Å². The Balaban J connectivity index is 2.02. The SMILES string of the molecule is CNC(=O)C(C)(C)N1CCC[C@H]1C(=O)NC1CCCC1. The van der Waals surface area contributed by atoms with Gasteiger partial charge in [0.2, 0.25) is 11.8 Å². The molecule has 0 aromatic rings. The van der Waals surface area contributed by atoms with E-state index in [0.29, 0.717) is 6.04 Å². The van der Waals surface area contributed by atoms with E-state index in [-0.39, 0.29) is 17.9 Å². The summed E-state index contributed by atoms with van der Waals surface area (Å²) < 4.78 is 0. The Labute approximate surface area is 121 Å². The topological polar surface area (TPSA) is 61.4 Å². The fourth-order valence-electron chi connectivity index (χ4n) is 3.51. The lowest BCUT2D eigenvalue weighted by molar-refractivity contribution is -0.136. The number of carbonyl (C=O) groups excluding carboxylic acids is 2. The molecule has 1 saturated heterocycles. The molecule has 0 aromatic carbocycles. The van der Waals surface area contributed by atoms with Gasteiger partial charge in [-0.05, 0) is 39.5 Å². The number of hydrogen-bond acceptors (Lipinski definition) is 3. The molecule has 1 aliphatic heterocycles. The van der Waals surface area contributed by atoms with E-state index in [9.17, 15) is 9.59 Å². The average Bonchev–Trinajstić information content (AvgIpc) is 3.07. The lowest BCUT2D eigenvalue weighted by atomic mass is 10.00. The average molecular weight is 281 g/mol. The van der Waals surface area contributed by atoms with Crippen molar-refractivity contribution in [1.29, 1.82) is 0 Å². The molecule has 0 bridgehead atoms. The molecule has 2 N–H and O–H groups in total. The Bertz CT molecular complexity index is 375. The molecule has 2 rings (SSSR count). The first kappa shape index (κ1) is 15.3. The second-order valence-corrected chi connectivity index (χ2v) is 6.48. The standard InChI is InChI=1S/C15H27N3O2/c1-15(2,14(20)16-3)18-10-6-9-12(18)13(19)17-11-7-4-5-8-11/h11-12H,4-10H2,1-3H3,(H,16,20)(H,17,19)/t12-/m0/s1. The lowest BCUT2D eigenvalue weighted by Crippen LogP contribution is -2.59. The van der Waals surface area contributed by atoms with Gasteiger partial charge in [0.1, 0.15) is 0 Å². The quantitative estimate of drug-likeness (QED) is 0.809. The number of rotatable bonds is 4. The predicted octanol–water partition coefficient (Wildman–Crippen LogP) is 1.03. The van der Waals surface area contributed by atoms with Crippen molar-refractivity contribution in [2.45, 2.75) is 70.0 Å². The van der Waals surface area contributed by atoms with Crippen LogP contribution in [-0.2, 0) is 9.59 Å². The molecule has 114 valence electrons. The molecule has 1 aliphatic carbocycles. The van der Waals surface area contributed by atoms with Crippen molar-refractivity contribution in [2.75, 3.05) is 13.6 Å². The molecule has 2 aliphatic rings. The van der Waals surface area contributed by atoms with Crippen LogP contribution < -0.4 is 10.6 Å². The van der Waals surface area contributed by atoms with E-state index < -0.39 is 5.54 Å². The second-order valence-electron chi connectivity index (χ2n) is 6.48. The van der Waals surface area contributed by atoms with E-state index in [1.165, 1.54) is 12.8 Å². The van der Waals surface area contributed by atoms with Gasteiger partial charge in [-0.2, -0.15) is 0 Å². The molecule has 1 atom stereocenters. The zero-order valence-corrected chi connectivity index (χ0v) is 12.9. The molecular weight excluding hydrogens is 254 g/mol. The monoisotopic (exact) mass is 281 g/mol. The molecule has 20 heavy (non-hydrogen) atoms. The fourth-order valence-corrected chi connectivity index (χ4v) is 3.51. The highest BCUT2D eigenvalue weighted by Gasteiger charge is 2.43. The van der Waals surface area contributed by atoms with Gasteiger partial charge in [-0.1, -0.05) is 12.8 Å². The minimum absolute atomic E-state index is 0.0296. The van der Waals surface area contributed by atoms with Crippen molar-refractivity contribution < 1.29 is 9.59 Å². The number of likely N-dealkylation sites (tertiary alicyclic amines) is 1. The molecule has 1 heterocycles. The van der Waals surface area contributed by atoms with Crippen molar-refractivity contribution in [3.63, 3.8) is 0 Å². The van der Waals surface area contributed by atoms with Crippen molar-refractivity contribution in [3.05, 3.63) is 0 Å². The summed E-state index contributed by atoms with van der Waals surface area (Å²) in [4.78, 5) is 26.6. The highest BCUT2D eigenvalue weighted by molar-refractivity contribution is 5.88. The summed E-state index contributed by atoms with van der Waals surface area (Å²) in [6.07, 6.45) is 6.43. The Morgan fingerprint density at radius 1 is 1.10 bits per heavy atom. The molecule has 0 aromatic heterocycles. The fraction of sp³-hybridized carbons (Fsp3) is 0.867. The third kappa shape index (κ3) is 2.97. The summed E-state index contributed by atoms with van der Waals surface area (Å²) in [5.41, 5.74) is -0.636. The van der Waals surface area contributed by atoms with Crippen LogP contribution in [0.25, 0.3) is 0 Å². The molecule has 5 heteroatoms. The van der Waals surface area contributed by atoms with Gasteiger partial charge in [0.25, 0.3) is 0 Å². The van der Waals surface area contributed by atoms with Crippen LogP contribution in [0, 0.1) is 0 Å². The van der Waals surface area contributed by atoms with Crippen LogP contribution in [0.1, 0.15) is 52.4 Å². The van der Waals surface area contributed by atoms with Crippen LogP contribution >= 0.6 is 0 Å². The lowest BCUT2D eigenvalue weighted by Gasteiger charge is -2.37. The van der Waals surface area contributed by atoms with Crippen LogP contribution in [0.2, 0.25) is 0 Å². The van der Waals surface area contributed by atoms with E-state index in [0.717, 1.165) is 32.2 Å². The van der Waals surface area contributed by atoms with Gasteiger partial charge in [-0.15, -0.1) is 0 Å². The zero-order valence-electron chi connectivity index (χ0n) is 12.9. The van der Waals surface area contributed by atoms with E-state index in [4.69, 9.17) is 0 Å². The first-order chi connectivity index (χ1) is 9.46. The van der Waals surface area contributed by atoms with E-state index in [1.54, 1.807) is 7.05 Å². The van der Waals surface area contributed by atoms with E-state index in [2.05, 4.69) is 15.5 Å². The summed E-state index contributed by atoms with van der Waals surface area (Å²) >= 11 is 0. The molecule has 0 unspecified atom stereocenters. The van der Waals surface area contributed by atoms with Gasteiger partial charge in [-0.25, -0.2) is 0 Å². The summed E-state index contributed by atoms with van der Waals surface area (Å²) in [7, 11) is 1.65. The summed E-state index contributed by atoms with van der Waals surface area (Å²) in [5, 5.41) is 5.87. The van der Waals surface area contributed by atoms with E-state index in [1.807, 2.05) is 13.8 Å². The number of hydrogen-bond donors (Lipinski definition) is 2. The first-order valence-corrected chi connectivity index (χ1v) is 7.76. The Morgan fingerprint density at radius 2 is 1.75 bits per heavy atom. The smallest absolute Gasteiger partial charge is 0.239 e. The van der Waals surface area contributed by atoms with Crippen LogP contribution in [-0.4, -0.2) is 47.9 Å². The largest absolute Gasteiger partial charge is 0.358 e. The Morgan fingerprint density at radius 3 is 2.35 bits per heavy atom. The molecule has 2 fully saturated rings. The Kier molecular flexibility index (Phi) is 4.68. The van der Waals surface area contributed by atoms with Gasteiger partial charge in [0.15, 0.2) is 0 Å². The second kappa shape index (κ2) is 6.12. The minimum atomic E-state index is -0.636. The maximum atomic E-state index is 12.5. The highest BCUT2D eigenvalue weighted by Crippen LogP contribution is 2.28. The summed E-state index contributed by atoms with van der Waals surface area (Å²) in [5.74, 6) is 0.0736. The minimum Gasteiger partial charge on any atom is -0.358 e. The number of amides is 2. The molecule has 2 amide bonds. The summed E-state index contributed by atoms with van der Waals surface area (Å²) in [6.45, 7) is 4.60. The normalized spacial score (nSPS) is 24.9. The molecule has 0 radical (unpaired) electrons. The molecule has 5 nitrogen and oxygen atoms in total. The number of nitrogens with zero attached hydrogens (tertiary/aromatic N) is 1. The van der Waals surface area contributed by atoms with Crippen LogP contribution in [0.15, 0.2) is 0 Å². The van der Waals surface area contributed by atoms with Crippen LogP contribution in [0.5, 0.6) is 0 Å². The van der Waals surface area contributed by atoms with Gasteiger partial charge >= 0.3 is 0 Å². The molecule has 0 spiro atoms. The highest BCUT2D eigenvalue weighted by atomic mass is 16.2. The van der Waals surface area contributed by atoms with Crippen molar-refractivity contribution in [1.82, 2.24) is 15.5 Å². The maximum Gasteiger partial charge on any atom is 0.239 e. The predicted molar refractivity (Wildman–Crippen MR) is 78.3 cm³/mol. The van der Waals surface area contributed by atoms with E-state index >= 15 is 0 Å². The number of likely N-dealkylation sites (N-methyl/N-ethyl adjacent to an activating group) is 1. The third-order valence-electron chi connectivity index (χ3n) is 4.76. The number of carbonyl (C=O) groups is 2.